The van der Waals surface area contributed by atoms with Crippen LogP contribution >= 0.6 is 0 Å². The van der Waals surface area contributed by atoms with Crippen LogP contribution in [-0.2, 0) is 0 Å². The number of H-pyrrole nitrogens is 1. The van der Waals surface area contributed by atoms with Crippen molar-refractivity contribution >= 4 is 65.3 Å². The number of aromatic nitrogens is 3. The molecule has 10 aromatic rings. The lowest BCUT2D eigenvalue weighted by Gasteiger charge is -2.15. The molecule has 0 radical (unpaired) electrons. The first-order valence-corrected chi connectivity index (χ1v) is 15.7. The Hall–Kier alpha value is -6.19. The molecule has 0 aliphatic rings. The Balaban J connectivity index is 1.29. The summed E-state index contributed by atoms with van der Waals surface area (Å²) in [7, 11) is 0. The van der Waals surface area contributed by atoms with E-state index >= 15 is 0 Å². The highest BCUT2D eigenvalue weighted by atomic mass is 15.0. The molecule has 0 bridgehead atoms. The summed E-state index contributed by atoms with van der Waals surface area (Å²) < 4.78 is 2.43. The normalized spacial score (nSPS) is 11.9. The van der Waals surface area contributed by atoms with Gasteiger partial charge >= 0.3 is 0 Å². The number of pyridine rings is 1. The summed E-state index contributed by atoms with van der Waals surface area (Å²) in [6, 6.07) is 56.5. The molecular formula is C43H27N3. The molecule has 46 heavy (non-hydrogen) atoms. The highest BCUT2D eigenvalue weighted by molar-refractivity contribution is 6.27. The van der Waals surface area contributed by atoms with Crippen molar-refractivity contribution in [3.05, 3.63) is 158 Å². The van der Waals surface area contributed by atoms with Crippen molar-refractivity contribution in [2.24, 2.45) is 0 Å². The van der Waals surface area contributed by atoms with Gasteiger partial charge in [0, 0.05) is 60.0 Å². The first-order chi connectivity index (χ1) is 22.8. The summed E-state index contributed by atoms with van der Waals surface area (Å²) in [5, 5.41) is 8.51. The second-order valence-electron chi connectivity index (χ2n) is 12.0. The lowest BCUT2D eigenvalue weighted by atomic mass is 9.95. The fraction of sp³-hybridized carbons (Fsp3) is 0. The van der Waals surface area contributed by atoms with Crippen molar-refractivity contribution in [2.75, 3.05) is 0 Å². The number of hydrogen-bond donors (Lipinski definition) is 1. The summed E-state index contributed by atoms with van der Waals surface area (Å²) >= 11 is 0. The smallest absolute Gasteiger partial charge is 0.0789 e. The van der Waals surface area contributed by atoms with E-state index in [0.29, 0.717) is 0 Å². The van der Waals surface area contributed by atoms with E-state index in [4.69, 9.17) is 4.98 Å². The molecule has 0 aliphatic heterocycles. The fourth-order valence-electron chi connectivity index (χ4n) is 7.50. The van der Waals surface area contributed by atoms with Gasteiger partial charge < -0.3 is 9.55 Å². The molecule has 0 unspecified atom stereocenters. The fourth-order valence-corrected chi connectivity index (χ4v) is 7.50. The lowest BCUT2D eigenvalue weighted by molar-refractivity contribution is 1.19. The monoisotopic (exact) mass is 585 g/mol. The van der Waals surface area contributed by atoms with E-state index in [2.05, 4.69) is 167 Å². The third kappa shape index (κ3) is 3.57. The maximum absolute atomic E-state index is 5.35. The van der Waals surface area contributed by atoms with Gasteiger partial charge in [-0.15, -0.1) is 0 Å². The van der Waals surface area contributed by atoms with E-state index in [-0.39, 0.29) is 0 Å². The van der Waals surface area contributed by atoms with E-state index in [1.165, 1.54) is 43.5 Å². The number of nitrogens with zero attached hydrogens (tertiary/aromatic N) is 2. The minimum Gasteiger partial charge on any atom is -0.354 e. The third-order valence-electron chi connectivity index (χ3n) is 9.50. The summed E-state index contributed by atoms with van der Waals surface area (Å²) in [4.78, 5) is 9.05. The predicted molar refractivity (Wildman–Crippen MR) is 194 cm³/mol. The minimum atomic E-state index is 0.991. The molecule has 0 saturated carbocycles. The number of aromatic amines is 1. The van der Waals surface area contributed by atoms with Crippen LogP contribution in [0.25, 0.3) is 93.4 Å². The second-order valence-corrected chi connectivity index (χ2v) is 12.0. The molecule has 214 valence electrons. The van der Waals surface area contributed by atoms with E-state index in [9.17, 15) is 0 Å². The van der Waals surface area contributed by atoms with Crippen LogP contribution in [0.1, 0.15) is 0 Å². The number of benzene rings is 7. The van der Waals surface area contributed by atoms with Crippen LogP contribution in [0.2, 0.25) is 0 Å². The molecule has 10 rings (SSSR count). The van der Waals surface area contributed by atoms with Crippen LogP contribution < -0.4 is 0 Å². The lowest BCUT2D eigenvalue weighted by Crippen LogP contribution is -1.96. The average molecular weight is 586 g/mol. The van der Waals surface area contributed by atoms with Gasteiger partial charge in [0.05, 0.1) is 27.8 Å². The molecular weight excluding hydrogens is 558 g/mol. The first-order valence-electron chi connectivity index (χ1n) is 15.7. The average Bonchev–Trinajstić information content (AvgIpc) is 3.68. The Morgan fingerprint density at radius 1 is 0.478 bits per heavy atom. The van der Waals surface area contributed by atoms with Gasteiger partial charge in [0.25, 0.3) is 0 Å². The van der Waals surface area contributed by atoms with E-state index in [0.717, 1.165) is 49.8 Å². The maximum Gasteiger partial charge on any atom is 0.0789 e. The first kappa shape index (κ1) is 25.2. The van der Waals surface area contributed by atoms with Crippen LogP contribution in [0.4, 0.5) is 0 Å². The molecule has 0 spiro atoms. The van der Waals surface area contributed by atoms with Crippen molar-refractivity contribution in [1.29, 1.82) is 0 Å². The standard InChI is InChI=1S/C43H27N3/c1-2-14-29(15-3-1)46-39-23-9-6-17-32(39)34-24-25-36-40(43(34)46)35-18-5-8-22-38(35)44-41(36)28-13-10-12-27(26-28)30-19-11-20-33-31-16-4-7-21-37(31)45-42(30)33/h1-26,45H. The Kier molecular flexibility index (Phi) is 5.28. The van der Waals surface area contributed by atoms with Gasteiger partial charge in [-0.25, -0.2) is 4.98 Å². The molecule has 7 aromatic carbocycles. The van der Waals surface area contributed by atoms with Crippen LogP contribution in [0.3, 0.4) is 0 Å². The summed E-state index contributed by atoms with van der Waals surface area (Å²) in [6.07, 6.45) is 0. The largest absolute Gasteiger partial charge is 0.354 e. The number of nitrogens with one attached hydrogen (secondary N) is 1. The van der Waals surface area contributed by atoms with Gasteiger partial charge in [-0.1, -0.05) is 121 Å². The zero-order chi connectivity index (χ0) is 30.2. The SMILES string of the molecule is c1ccc(-n2c3ccccc3c3ccc4c(-c5cccc(-c6cccc7c6[nH]c6ccccc67)c5)nc5ccccc5c4c32)cc1. The minimum absolute atomic E-state index is 0.991. The summed E-state index contributed by atoms with van der Waals surface area (Å²) in [6.45, 7) is 0. The van der Waals surface area contributed by atoms with E-state index in [1.54, 1.807) is 0 Å². The van der Waals surface area contributed by atoms with Crippen LogP contribution in [0, 0.1) is 0 Å². The number of para-hydroxylation sites is 5. The molecule has 0 fully saturated rings. The number of fused-ring (bicyclic) bond motifs is 10. The van der Waals surface area contributed by atoms with Gasteiger partial charge in [-0.3, -0.25) is 0 Å². The van der Waals surface area contributed by atoms with Gasteiger partial charge in [0.1, 0.15) is 0 Å². The molecule has 3 heteroatoms. The second kappa shape index (κ2) is 9.65. The van der Waals surface area contributed by atoms with E-state index in [1.807, 2.05) is 0 Å². The van der Waals surface area contributed by atoms with Gasteiger partial charge in [0.15, 0.2) is 0 Å². The number of rotatable bonds is 3. The van der Waals surface area contributed by atoms with Crippen LogP contribution in [0.15, 0.2) is 158 Å². The van der Waals surface area contributed by atoms with Crippen molar-refractivity contribution in [1.82, 2.24) is 14.5 Å². The quantitative estimate of drug-likeness (QED) is 0.206. The third-order valence-corrected chi connectivity index (χ3v) is 9.50. The molecule has 0 atom stereocenters. The van der Waals surface area contributed by atoms with E-state index < -0.39 is 0 Å². The van der Waals surface area contributed by atoms with Crippen molar-refractivity contribution in [3.8, 4) is 28.1 Å². The molecule has 3 aromatic heterocycles. The van der Waals surface area contributed by atoms with Gasteiger partial charge in [-0.05, 0) is 42.0 Å². The Morgan fingerprint density at radius 3 is 2.09 bits per heavy atom. The van der Waals surface area contributed by atoms with Crippen molar-refractivity contribution in [2.45, 2.75) is 0 Å². The Morgan fingerprint density at radius 2 is 1.17 bits per heavy atom. The molecule has 3 heterocycles. The molecule has 0 saturated heterocycles. The summed E-state index contributed by atoms with van der Waals surface area (Å²) in [5.74, 6) is 0. The Bertz CT molecular complexity index is 2800. The predicted octanol–water partition coefficient (Wildman–Crippen LogP) is 11.5. The molecule has 0 amide bonds. The highest BCUT2D eigenvalue weighted by Crippen LogP contribution is 2.42. The van der Waals surface area contributed by atoms with Crippen LogP contribution in [0.5, 0.6) is 0 Å². The maximum atomic E-state index is 5.35. The topological polar surface area (TPSA) is 33.6 Å². The van der Waals surface area contributed by atoms with Crippen molar-refractivity contribution in [3.63, 3.8) is 0 Å². The molecule has 3 nitrogen and oxygen atoms in total. The summed E-state index contributed by atoms with van der Waals surface area (Å²) in [5.41, 5.74) is 11.3. The zero-order valence-corrected chi connectivity index (χ0v) is 24.9. The zero-order valence-electron chi connectivity index (χ0n) is 24.9. The van der Waals surface area contributed by atoms with Crippen molar-refractivity contribution < 1.29 is 0 Å². The molecule has 1 N–H and O–H groups in total. The Labute approximate surface area is 265 Å². The van der Waals surface area contributed by atoms with Crippen LogP contribution in [-0.4, -0.2) is 14.5 Å². The highest BCUT2D eigenvalue weighted by Gasteiger charge is 2.20. The van der Waals surface area contributed by atoms with Gasteiger partial charge in [0.2, 0.25) is 0 Å². The molecule has 0 aliphatic carbocycles. The number of hydrogen-bond acceptors (Lipinski definition) is 1. The van der Waals surface area contributed by atoms with Gasteiger partial charge in [-0.2, -0.15) is 0 Å².